The summed E-state index contributed by atoms with van der Waals surface area (Å²) in [6, 6.07) is 8.00. The maximum absolute atomic E-state index is 10.8. The zero-order valence-corrected chi connectivity index (χ0v) is 8.49. The van der Waals surface area contributed by atoms with Gasteiger partial charge in [0, 0.05) is 13.0 Å². The lowest BCUT2D eigenvalue weighted by atomic mass is 10.0. The van der Waals surface area contributed by atoms with Crippen molar-refractivity contribution in [2.45, 2.75) is 26.2 Å². The first-order chi connectivity index (χ1) is 6.72. The zero-order chi connectivity index (χ0) is 10.4. The summed E-state index contributed by atoms with van der Waals surface area (Å²) in [6.45, 7) is 1.83. The molecule has 0 aromatic heterocycles. The van der Waals surface area contributed by atoms with Crippen molar-refractivity contribution in [3.63, 3.8) is 0 Å². The Kier molecular flexibility index (Phi) is 4.33. The van der Waals surface area contributed by atoms with Gasteiger partial charge in [-0.1, -0.05) is 24.3 Å². The Morgan fingerprint density at radius 3 is 2.29 bits per heavy atom. The van der Waals surface area contributed by atoms with Gasteiger partial charge in [0.05, 0.1) is 0 Å². The number of aliphatic hydroxyl groups is 1. The van der Waals surface area contributed by atoms with Crippen molar-refractivity contribution < 1.29 is 9.90 Å². The normalized spacial score (nSPS) is 10.1. The highest BCUT2D eigenvalue weighted by Gasteiger charge is 1.97. The van der Waals surface area contributed by atoms with Gasteiger partial charge in [0.2, 0.25) is 0 Å². The van der Waals surface area contributed by atoms with E-state index in [1.807, 2.05) is 24.3 Å². The second kappa shape index (κ2) is 5.55. The first-order valence-electron chi connectivity index (χ1n) is 4.90. The fourth-order valence-electron chi connectivity index (χ4n) is 1.39. The molecule has 0 aliphatic heterocycles. The van der Waals surface area contributed by atoms with E-state index in [1.54, 1.807) is 6.92 Å². The van der Waals surface area contributed by atoms with Crippen LogP contribution in [0.3, 0.4) is 0 Å². The van der Waals surface area contributed by atoms with Crippen molar-refractivity contribution in [3.05, 3.63) is 35.4 Å². The molecule has 0 aliphatic rings. The first-order valence-corrected chi connectivity index (χ1v) is 4.90. The van der Waals surface area contributed by atoms with Crippen LogP contribution in [0.25, 0.3) is 0 Å². The van der Waals surface area contributed by atoms with E-state index < -0.39 is 0 Å². The average Bonchev–Trinajstić information content (AvgIpc) is 2.16. The Labute approximate surface area is 84.6 Å². The number of carbonyl (C=O) groups excluding carboxylic acids is 1. The maximum atomic E-state index is 10.8. The summed E-state index contributed by atoms with van der Waals surface area (Å²) >= 11 is 0. The monoisotopic (exact) mass is 192 g/mol. The molecule has 1 aromatic rings. The lowest BCUT2D eigenvalue weighted by molar-refractivity contribution is -0.116. The largest absolute Gasteiger partial charge is 0.396 e. The number of hydrogen-bond donors (Lipinski definition) is 1. The van der Waals surface area contributed by atoms with Crippen molar-refractivity contribution in [2.24, 2.45) is 0 Å². The van der Waals surface area contributed by atoms with E-state index >= 15 is 0 Å². The molecule has 1 N–H and O–H groups in total. The van der Waals surface area contributed by atoms with Gasteiger partial charge in [-0.05, 0) is 30.9 Å². The molecule has 0 bridgehead atoms. The standard InChI is InChI=1S/C12H16O2/c1-10(14)9-12-6-4-11(5-7-12)3-2-8-13/h4-7,13H,2-3,8-9H2,1H3. The molecule has 0 heterocycles. The van der Waals surface area contributed by atoms with E-state index in [0.717, 1.165) is 18.4 Å². The van der Waals surface area contributed by atoms with Crippen molar-refractivity contribution in [1.29, 1.82) is 0 Å². The van der Waals surface area contributed by atoms with Crippen molar-refractivity contribution >= 4 is 5.78 Å². The van der Waals surface area contributed by atoms with Gasteiger partial charge in [-0.15, -0.1) is 0 Å². The summed E-state index contributed by atoms with van der Waals surface area (Å²) in [7, 11) is 0. The van der Waals surface area contributed by atoms with Crippen LogP contribution in [0.2, 0.25) is 0 Å². The van der Waals surface area contributed by atoms with Crippen LogP contribution in [0.4, 0.5) is 0 Å². The van der Waals surface area contributed by atoms with Crippen LogP contribution < -0.4 is 0 Å². The minimum atomic E-state index is 0.188. The minimum absolute atomic E-state index is 0.188. The third kappa shape index (κ3) is 3.71. The quantitative estimate of drug-likeness (QED) is 0.771. The van der Waals surface area contributed by atoms with E-state index in [1.165, 1.54) is 5.56 Å². The van der Waals surface area contributed by atoms with Gasteiger partial charge in [-0.25, -0.2) is 0 Å². The molecule has 2 nitrogen and oxygen atoms in total. The highest BCUT2D eigenvalue weighted by molar-refractivity contribution is 5.78. The third-order valence-corrected chi connectivity index (χ3v) is 2.10. The van der Waals surface area contributed by atoms with Crippen LogP contribution in [0.15, 0.2) is 24.3 Å². The molecule has 0 atom stereocenters. The molecule has 0 aliphatic carbocycles. The summed E-state index contributed by atoms with van der Waals surface area (Å²) in [6.07, 6.45) is 2.21. The predicted molar refractivity (Wildman–Crippen MR) is 56.2 cm³/mol. The molecule has 0 saturated carbocycles. The molecule has 0 radical (unpaired) electrons. The molecule has 14 heavy (non-hydrogen) atoms. The van der Waals surface area contributed by atoms with Crippen LogP contribution in [0, 0.1) is 0 Å². The maximum Gasteiger partial charge on any atom is 0.134 e. The molecule has 0 saturated heterocycles. The number of rotatable bonds is 5. The lowest BCUT2D eigenvalue weighted by Crippen LogP contribution is -1.96. The van der Waals surface area contributed by atoms with Gasteiger partial charge in [0.15, 0.2) is 0 Å². The predicted octanol–water partition coefficient (Wildman–Crippen LogP) is 1.74. The van der Waals surface area contributed by atoms with Crippen molar-refractivity contribution in [2.75, 3.05) is 6.61 Å². The van der Waals surface area contributed by atoms with Crippen LogP contribution in [-0.2, 0) is 17.6 Å². The van der Waals surface area contributed by atoms with Gasteiger partial charge in [-0.3, -0.25) is 4.79 Å². The van der Waals surface area contributed by atoms with Crippen LogP contribution >= 0.6 is 0 Å². The number of ketones is 1. The van der Waals surface area contributed by atoms with Gasteiger partial charge in [0.25, 0.3) is 0 Å². The SMILES string of the molecule is CC(=O)Cc1ccc(CCCO)cc1. The molecule has 0 spiro atoms. The summed E-state index contributed by atoms with van der Waals surface area (Å²) in [4.78, 5) is 10.8. The van der Waals surface area contributed by atoms with E-state index in [-0.39, 0.29) is 12.4 Å². The number of aliphatic hydroxyl groups excluding tert-OH is 1. The second-order valence-corrected chi connectivity index (χ2v) is 3.52. The summed E-state index contributed by atoms with van der Waals surface area (Å²) in [5.74, 6) is 0.188. The number of carbonyl (C=O) groups is 1. The molecule has 0 amide bonds. The third-order valence-electron chi connectivity index (χ3n) is 2.10. The van der Waals surface area contributed by atoms with E-state index in [0.29, 0.717) is 6.42 Å². The summed E-state index contributed by atoms with van der Waals surface area (Å²) in [5, 5.41) is 8.66. The molecule has 1 aromatic carbocycles. The lowest BCUT2D eigenvalue weighted by Gasteiger charge is -2.01. The summed E-state index contributed by atoms with van der Waals surface area (Å²) in [5.41, 5.74) is 2.27. The Morgan fingerprint density at radius 2 is 1.79 bits per heavy atom. The topological polar surface area (TPSA) is 37.3 Å². The highest BCUT2D eigenvalue weighted by Crippen LogP contribution is 2.07. The van der Waals surface area contributed by atoms with E-state index in [9.17, 15) is 4.79 Å². The fourth-order valence-corrected chi connectivity index (χ4v) is 1.39. The van der Waals surface area contributed by atoms with E-state index in [4.69, 9.17) is 5.11 Å². The first kappa shape index (κ1) is 10.9. The Morgan fingerprint density at radius 1 is 1.21 bits per heavy atom. The Balaban J connectivity index is 2.54. The summed E-state index contributed by atoms with van der Waals surface area (Å²) < 4.78 is 0. The van der Waals surface area contributed by atoms with Gasteiger partial charge < -0.3 is 5.11 Å². The molecular weight excluding hydrogens is 176 g/mol. The Hall–Kier alpha value is -1.15. The Bertz CT molecular complexity index is 288. The van der Waals surface area contributed by atoms with E-state index in [2.05, 4.69) is 0 Å². The van der Waals surface area contributed by atoms with Crippen LogP contribution in [0.1, 0.15) is 24.5 Å². The highest BCUT2D eigenvalue weighted by atomic mass is 16.2. The average molecular weight is 192 g/mol. The molecule has 1 rings (SSSR count). The fraction of sp³-hybridized carbons (Fsp3) is 0.417. The number of aryl methyl sites for hydroxylation is 1. The molecule has 2 heteroatoms. The van der Waals surface area contributed by atoms with Crippen LogP contribution in [-0.4, -0.2) is 17.5 Å². The second-order valence-electron chi connectivity index (χ2n) is 3.52. The number of hydrogen-bond acceptors (Lipinski definition) is 2. The molecule has 0 fully saturated rings. The molecular formula is C12H16O2. The number of Topliss-reactive ketones (excluding diaryl/α,β-unsaturated/α-hetero) is 1. The van der Waals surface area contributed by atoms with Crippen LogP contribution in [0.5, 0.6) is 0 Å². The minimum Gasteiger partial charge on any atom is -0.396 e. The number of benzene rings is 1. The van der Waals surface area contributed by atoms with Crippen molar-refractivity contribution in [3.8, 4) is 0 Å². The smallest absolute Gasteiger partial charge is 0.134 e. The molecule has 76 valence electrons. The van der Waals surface area contributed by atoms with Gasteiger partial charge in [0.1, 0.15) is 5.78 Å². The van der Waals surface area contributed by atoms with Crippen molar-refractivity contribution in [1.82, 2.24) is 0 Å². The van der Waals surface area contributed by atoms with Gasteiger partial charge in [-0.2, -0.15) is 0 Å². The molecule has 0 unspecified atom stereocenters. The van der Waals surface area contributed by atoms with Gasteiger partial charge >= 0.3 is 0 Å². The zero-order valence-electron chi connectivity index (χ0n) is 8.49.